The Morgan fingerprint density at radius 3 is 1.92 bits per heavy atom. The maximum absolute atomic E-state index is 13.1. The van der Waals surface area contributed by atoms with Gasteiger partial charge >= 0.3 is 18.3 Å². The standard InChI is InChI=1S/C28H38N4O6/c1-27(2,3)37-25(34)32(26(35)38-28(4,5)6)23-18-21(12-13-22(23)29)30-14-16-31(17-15-30)24(33)36-19-20-10-8-7-9-11-20/h7-13,18H,14-17,19,29H2,1-6H3. The van der Waals surface area contributed by atoms with Gasteiger partial charge in [-0.05, 0) is 65.3 Å². The van der Waals surface area contributed by atoms with Gasteiger partial charge in [-0.1, -0.05) is 30.3 Å². The lowest BCUT2D eigenvalue weighted by atomic mass is 10.2. The van der Waals surface area contributed by atoms with Gasteiger partial charge in [0.15, 0.2) is 0 Å². The molecular weight excluding hydrogens is 488 g/mol. The molecule has 1 heterocycles. The number of ether oxygens (including phenoxy) is 3. The smallest absolute Gasteiger partial charge is 0.424 e. The highest BCUT2D eigenvalue weighted by atomic mass is 16.6. The minimum absolute atomic E-state index is 0.163. The fourth-order valence-electron chi connectivity index (χ4n) is 3.77. The van der Waals surface area contributed by atoms with Gasteiger partial charge < -0.3 is 29.7 Å². The third kappa shape index (κ3) is 8.03. The number of carbonyl (C=O) groups excluding carboxylic acids is 3. The average molecular weight is 527 g/mol. The number of benzene rings is 2. The van der Waals surface area contributed by atoms with Gasteiger partial charge in [-0.25, -0.2) is 14.4 Å². The summed E-state index contributed by atoms with van der Waals surface area (Å²) in [5.74, 6) is 0. The van der Waals surface area contributed by atoms with Gasteiger partial charge in [0.25, 0.3) is 0 Å². The zero-order valence-corrected chi connectivity index (χ0v) is 23.0. The molecule has 0 spiro atoms. The Labute approximate surface area is 224 Å². The molecule has 206 valence electrons. The van der Waals surface area contributed by atoms with Crippen molar-refractivity contribution in [2.24, 2.45) is 0 Å². The van der Waals surface area contributed by atoms with Gasteiger partial charge in [-0.2, -0.15) is 4.90 Å². The predicted molar refractivity (Wildman–Crippen MR) is 146 cm³/mol. The van der Waals surface area contributed by atoms with Gasteiger partial charge in [0.2, 0.25) is 0 Å². The molecule has 0 aliphatic carbocycles. The Hall–Kier alpha value is -3.95. The van der Waals surface area contributed by atoms with Crippen LogP contribution in [0.5, 0.6) is 0 Å². The number of imide groups is 1. The number of rotatable bonds is 4. The summed E-state index contributed by atoms with van der Waals surface area (Å²) in [5, 5.41) is 0. The molecule has 2 N–H and O–H groups in total. The van der Waals surface area contributed by atoms with E-state index in [-0.39, 0.29) is 24.1 Å². The Morgan fingerprint density at radius 1 is 0.842 bits per heavy atom. The monoisotopic (exact) mass is 526 g/mol. The molecule has 0 atom stereocenters. The van der Waals surface area contributed by atoms with Crippen LogP contribution in [0.15, 0.2) is 48.5 Å². The van der Waals surface area contributed by atoms with Crippen molar-refractivity contribution >= 4 is 35.3 Å². The molecule has 10 heteroatoms. The molecule has 1 saturated heterocycles. The zero-order chi connectivity index (χ0) is 28.1. The molecule has 2 aromatic rings. The topological polar surface area (TPSA) is 115 Å². The third-order valence-electron chi connectivity index (χ3n) is 5.52. The van der Waals surface area contributed by atoms with E-state index in [0.29, 0.717) is 26.2 Å². The number of nitrogen functional groups attached to an aromatic ring is 1. The van der Waals surface area contributed by atoms with E-state index >= 15 is 0 Å². The van der Waals surface area contributed by atoms with E-state index in [4.69, 9.17) is 19.9 Å². The first-order chi connectivity index (χ1) is 17.7. The summed E-state index contributed by atoms with van der Waals surface area (Å²) in [6, 6.07) is 14.6. The molecule has 1 fully saturated rings. The zero-order valence-electron chi connectivity index (χ0n) is 23.0. The first kappa shape index (κ1) is 28.6. The van der Waals surface area contributed by atoms with Crippen molar-refractivity contribution in [2.75, 3.05) is 41.7 Å². The lowest BCUT2D eigenvalue weighted by Gasteiger charge is -2.36. The predicted octanol–water partition coefficient (Wildman–Crippen LogP) is 5.40. The molecule has 0 saturated carbocycles. The van der Waals surface area contributed by atoms with Crippen molar-refractivity contribution in [3.8, 4) is 0 Å². The van der Waals surface area contributed by atoms with Crippen molar-refractivity contribution in [1.29, 1.82) is 0 Å². The third-order valence-corrected chi connectivity index (χ3v) is 5.52. The fraction of sp³-hybridized carbons (Fsp3) is 0.464. The number of anilines is 3. The molecule has 10 nitrogen and oxygen atoms in total. The van der Waals surface area contributed by atoms with Crippen LogP contribution in [-0.4, -0.2) is 60.6 Å². The van der Waals surface area contributed by atoms with Crippen LogP contribution < -0.4 is 15.5 Å². The van der Waals surface area contributed by atoms with Gasteiger partial charge in [-0.15, -0.1) is 0 Å². The van der Waals surface area contributed by atoms with Crippen LogP contribution in [0.3, 0.4) is 0 Å². The second-order valence-corrected chi connectivity index (χ2v) is 11.1. The number of nitrogens with two attached hydrogens (primary N) is 1. The Bertz CT molecular complexity index is 1100. The van der Waals surface area contributed by atoms with Gasteiger partial charge in [0, 0.05) is 31.9 Å². The van der Waals surface area contributed by atoms with Crippen LogP contribution in [0.25, 0.3) is 0 Å². The second-order valence-electron chi connectivity index (χ2n) is 11.1. The molecule has 0 unspecified atom stereocenters. The van der Waals surface area contributed by atoms with E-state index in [1.807, 2.05) is 41.3 Å². The minimum Gasteiger partial charge on any atom is -0.445 e. The number of amides is 3. The molecule has 1 aliphatic rings. The summed E-state index contributed by atoms with van der Waals surface area (Å²) in [6.45, 7) is 12.4. The summed E-state index contributed by atoms with van der Waals surface area (Å²) in [4.78, 5) is 43.2. The Morgan fingerprint density at radius 2 is 1.39 bits per heavy atom. The molecule has 0 radical (unpaired) electrons. The molecule has 0 bridgehead atoms. The SMILES string of the molecule is CC(C)(C)OC(=O)N(C(=O)OC(C)(C)C)c1cc(N2CCN(C(=O)OCc3ccccc3)CC2)ccc1N. The molecule has 3 amide bonds. The number of nitrogens with zero attached hydrogens (tertiary/aromatic N) is 3. The first-order valence-corrected chi connectivity index (χ1v) is 12.6. The fourth-order valence-corrected chi connectivity index (χ4v) is 3.77. The Balaban J connectivity index is 1.74. The van der Waals surface area contributed by atoms with Gasteiger partial charge in [0.05, 0.1) is 11.4 Å². The van der Waals surface area contributed by atoms with E-state index < -0.39 is 23.4 Å². The summed E-state index contributed by atoms with van der Waals surface area (Å²) in [6.07, 6.45) is -2.14. The van der Waals surface area contributed by atoms with Gasteiger partial charge in [-0.3, -0.25) is 0 Å². The van der Waals surface area contributed by atoms with Crippen molar-refractivity contribution < 1.29 is 28.6 Å². The van der Waals surface area contributed by atoms with Crippen molar-refractivity contribution in [1.82, 2.24) is 4.90 Å². The molecule has 2 aromatic carbocycles. The highest BCUT2D eigenvalue weighted by Crippen LogP contribution is 2.32. The van der Waals surface area contributed by atoms with Crippen LogP contribution in [0.4, 0.5) is 31.4 Å². The average Bonchev–Trinajstić information content (AvgIpc) is 2.82. The van der Waals surface area contributed by atoms with E-state index in [2.05, 4.69) is 0 Å². The molecular formula is C28H38N4O6. The summed E-state index contributed by atoms with van der Waals surface area (Å²) < 4.78 is 16.4. The Kier molecular flexibility index (Phi) is 8.75. The summed E-state index contributed by atoms with van der Waals surface area (Å²) in [7, 11) is 0. The lowest BCUT2D eigenvalue weighted by Crippen LogP contribution is -2.49. The van der Waals surface area contributed by atoms with Crippen LogP contribution >= 0.6 is 0 Å². The van der Waals surface area contributed by atoms with Crippen LogP contribution in [0, 0.1) is 0 Å². The second kappa shape index (κ2) is 11.6. The quantitative estimate of drug-likeness (QED) is 0.416. The van der Waals surface area contributed by atoms with Crippen LogP contribution in [-0.2, 0) is 20.8 Å². The maximum Gasteiger partial charge on any atom is 0.424 e. The van der Waals surface area contributed by atoms with Crippen molar-refractivity contribution in [3.63, 3.8) is 0 Å². The van der Waals surface area contributed by atoms with Crippen LogP contribution in [0.2, 0.25) is 0 Å². The highest BCUT2D eigenvalue weighted by molar-refractivity contribution is 6.12. The van der Waals surface area contributed by atoms with Crippen molar-refractivity contribution in [2.45, 2.75) is 59.4 Å². The van der Waals surface area contributed by atoms with E-state index in [1.165, 1.54) is 0 Å². The summed E-state index contributed by atoms with van der Waals surface area (Å²) in [5.41, 5.74) is 6.59. The molecule has 0 aromatic heterocycles. The highest BCUT2D eigenvalue weighted by Gasteiger charge is 2.34. The van der Waals surface area contributed by atoms with E-state index in [0.717, 1.165) is 16.2 Å². The number of carbonyl (C=O) groups is 3. The lowest BCUT2D eigenvalue weighted by molar-refractivity contribution is 0.0430. The van der Waals surface area contributed by atoms with Crippen LogP contribution in [0.1, 0.15) is 47.1 Å². The van der Waals surface area contributed by atoms with Gasteiger partial charge in [0.1, 0.15) is 17.8 Å². The normalized spacial score (nSPS) is 14.1. The number of piperazine rings is 1. The number of hydrogen-bond donors (Lipinski definition) is 1. The first-order valence-electron chi connectivity index (χ1n) is 12.6. The van der Waals surface area contributed by atoms with Crippen molar-refractivity contribution in [3.05, 3.63) is 54.1 Å². The number of hydrogen-bond acceptors (Lipinski definition) is 8. The minimum atomic E-state index is -0.887. The molecule has 3 rings (SSSR count). The largest absolute Gasteiger partial charge is 0.445 e. The molecule has 1 aliphatic heterocycles. The van der Waals surface area contributed by atoms with E-state index in [1.54, 1.807) is 58.6 Å². The summed E-state index contributed by atoms with van der Waals surface area (Å²) >= 11 is 0. The van der Waals surface area contributed by atoms with E-state index in [9.17, 15) is 14.4 Å². The maximum atomic E-state index is 13.1. The molecule has 38 heavy (non-hydrogen) atoms.